The summed E-state index contributed by atoms with van der Waals surface area (Å²) in [6, 6.07) is 0.0848. The van der Waals surface area contributed by atoms with Gasteiger partial charge in [0.05, 0.1) is 23.0 Å². The molecule has 5 nitrogen and oxygen atoms in total. The number of aromatic nitrogens is 2. The molecule has 0 saturated carbocycles. The zero-order chi connectivity index (χ0) is 12.7. The summed E-state index contributed by atoms with van der Waals surface area (Å²) in [4.78, 5) is 8.92. The molecule has 0 aliphatic carbocycles. The number of hydrogen-bond donors (Lipinski definition) is 3. The van der Waals surface area contributed by atoms with Crippen molar-refractivity contribution in [2.24, 2.45) is 5.73 Å². The molecule has 0 aromatic carbocycles. The Morgan fingerprint density at radius 3 is 3.11 bits per heavy atom. The van der Waals surface area contributed by atoms with Crippen molar-refractivity contribution in [3.8, 4) is 0 Å². The van der Waals surface area contributed by atoms with Crippen molar-refractivity contribution in [1.82, 2.24) is 9.97 Å². The predicted molar refractivity (Wildman–Crippen MR) is 69.9 cm³/mol. The molecule has 1 saturated heterocycles. The number of nitrogen functional groups attached to an aromatic ring is 1. The van der Waals surface area contributed by atoms with Gasteiger partial charge in [0.25, 0.3) is 0 Å². The molecule has 0 bridgehead atoms. The summed E-state index contributed by atoms with van der Waals surface area (Å²) in [6.07, 6.45) is 4.82. The third-order valence-electron chi connectivity index (χ3n) is 3.43. The van der Waals surface area contributed by atoms with E-state index in [0.29, 0.717) is 29.0 Å². The number of nitrogens with zero attached hydrogens (tertiary/aromatic N) is 2. The Kier molecular flexibility index (Phi) is 2.59. The zero-order valence-electron chi connectivity index (χ0n) is 9.99. The maximum Gasteiger partial charge on any atom is 0.165 e. The first-order valence-electron chi connectivity index (χ1n) is 6.08. The molecule has 3 heterocycles. The maximum atomic E-state index is 14.1. The number of halogens is 1. The minimum absolute atomic E-state index is 0.0848. The normalized spacial score (nSPS) is 20.6. The molecule has 0 unspecified atom stereocenters. The molecule has 1 aliphatic heterocycles. The largest absolute Gasteiger partial charge is 0.397 e. The highest BCUT2D eigenvalue weighted by Gasteiger charge is 2.23. The number of anilines is 2. The Labute approximate surface area is 104 Å². The topological polar surface area (TPSA) is 84.0 Å². The minimum atomic E-state index is -0.345. The molecular formula is C12H16FN5. The van der Waals surface area contributed by atoms with E-state index in [1.165, 1.54) is 6.20 Å². The average molecular weight is 249 g/mol. The monoisotopic (exact) mass is 249 g/mol. The second-order valence-electron chi connectivity index (χ2n) is 4.77. The van der Waals surface area contributed by atoms with E-state index < -0.39 is 0 Å². The fourth-order valence-corrected chi connectivity index (χ4v) is 2.60. The van der Waals surface area contributed by atoms with Crippen LogP contribution < -0.4 is 16.4 Å². The molecule has 1 aliphatic rings. The minimum Gasteiger partial charge on any atom is -0.397 e. The van der Waals surface area contributed by atoms with E-state index >= 15 is 0 Å². The average Bonchev–Trinajstić information content (AvgIpc) is 2.71. The van der Waals surface area contributed by atoms with Crippen molar-refractivity contribution in [1.29, 1.82) is 0 Å². The summed E-state index contributed by atoms with van der Waals surface area (Å²) >= 11 is 0. The number of nitrogens with one attached hydrogen (secondary N) is 1. The van der Waals surface area contributed by atoms with Gasteiger partial charge in [-0.1, -0.05) is 0 Å². The van der Waals surface area contributed by atoms with Crippen LogP contribution in [0.25, 0.3) is 11.0 Å². The number of pyridine rings is 1. The van der Waals surface area contributed by atoms with Crippen LogP contribution in [0.5, 0.6) is 0 Å². The van der Waals surface area contributed by atoms with Gasteiger partial charge >= 0.3 is 0 Å². The van der Waals surface area contributed by atoms with E-state index in [-0.39, 0.29) is 11.9 Å². The second kappa shape index (κ2) is 4.13. The molecule has 0 spiro atoms. The Hall–Kier alpha value is -1.82. The van der Waals surface area contributed by atoms with Gasteiger partial charge in [-0.15, -0.1) is 0 Å². The molecule has 5 N–H and O–H groups in total. The van der Waals surface area contributed by atoms with Crippen LogP contribution in [0.1, 0.15) is 12.8 Å². The standard InChI is InChI=1S/C12H16FN5/c13-8-4-16-12-10(9(15)5-17-12)11(8)18-3-1-2-7(14)6-18/h4-5,7H,1-3,6,14-15H2,(H,16,17)/t7-/m1/s1. The van der Waals surface area contributed by atoms with Crippen LogP contribution in [0.2, 0.25) is 0 Å². The van der Waals surface area contributed by atoms with Crippen molar-refractivity contribution < 1.29 is 4.39 Å². The fourth-order valence-electron chi connectivity index (χ4n) is 2.60. The number of fused-ring (bicyclic) bond motifs is 1. The van der Waals surface area contributed by atoms with Crippen LogP contribution in [0.15, 0.2) is 12.4 Å². The molecule has 2 aromatic rings. The highest BCUT2D eigenvalue weighted by Crippen LogP contribution is 2.33. The van der Waals surface area contributed by atoms with Gasteiger partial charge in [0.1, 0.15) is 5.65 Å². The van der Waals surface area contributed by atoms with Crippen molar-refractivity contribution in [3.05, 3.63) is 18.2 Å². The van der Waals surface area contributed by atoms with Gasteiger partial charge < -0.3 is 21.4 Å². The lowest BCUT2D eigenvalue weighted by molar-refractivity contribution is 0.498. The first-order chi connectivity index (χ1) is 8.66. The van der Waals surface area contributed by atoms with Gasteiger partial charge in [0.2, 0.25) is 0 Å². The van der Waals surface area contributed by atoms with Crippen molar-refractivity contribution in [2.75, 3.05) is 23.7 Å². The molecule has 2 aromatic heterocycles. The van der Waals surface area contributed by atoms with E-state index in [0.717, 1.165) is 19.4 Å². The summed E-state index contributed by atoms with van der Waals surface area (Å²) in [5.41, 5.74) is 13.5. The number of piperidine rings is 1. The van der Waals surface area contributed by atoms with Gasteiger partial charge in [-0.25, -0.2) is 9.37 Å². The molecule has 0 amide bonds. The number of H-pyrrole nitrogens is 1. The molecule has 18 heavy (non-hydrogen) atoms. The number of rotatable bonds is 1. The predicted octanol–water partition coefficient (Wildman–Crippen LogP) is 1.21. The van der Waals surface area contributed by atoms with E-state index in [1.807, 2.05) is 4.90 Å². The summed E-state index contributed by atoms with van der Waals surface area (Å²) < 4.78 is 14.1. The molecule has 0 radical (unpaired) electrons. The SMILES string of the molecule is Nc1c[nH]c2ncc(F)c(N3CCC[C@@H](N)C3)c12. The highest BCUT2D eigenvalue weighted by molar-refractivity contribution is 5.99. The third-order valence-corrected chi connectivity index (χ3v) is 3.43. The van der Waals surface area contributed by atoms with Gasteiger partial charge in [-0.3, -0.25) is 0 Å². The van der Waals surface area contributed by atoms with Crippen LogP contribution in [-0.2, 0) is 0 Å². The summed E-state index contributed by atoms with van der Waals surface area (Å²) in [6.45, 7) is 1.45. The number of nitrogens with two attached hydrogens (primary N) is 2. The van der Waals surface area contributed by atoms with Crippen LogP contribution in [0, 0.1) is 5.82 Å². The summed E-state index contributed by atoms with van der Waals surface area (Å²) in [5, 5.41) is 0.657. The van der Waals surface area contributed by atoms with E-state index in [4.69, 9.17) is 11.5 Å². The van der Waals surface area contributed by atoms with Gasteiger partial charge in [-0.2, -0.15) is 0 Å². The maximum absolute atomic E-state index is 14.1. The molecule has 1 fully saturated rings. The van der Waals surface area contributed by atoms with Crippen LogP contribution >= 0.6 is 0 Å². The van der Waals surface area contributed by atoms with Crippen molar-refractivity contribution in [3.63, 3.8) is 0 Å². The molecule has 3 rings (SSSR count). The second-order valence-corrected chi connectivity index (χ2v) is 4.77. The Bertz CT molecular complexity index is 579. The Morgan fingerprint density at radius 2 is 2.33 bits per heavy atom. The Morgan fingerprint density at radius 1 is 1.50 bits per heavy atom. The smallest absolute Gasteiger partial charge is 0.165 e. The van der Waals surface area contributed by atoms with Crippen LogP contribution in [0.4, 0.5) is 15.8 Å². The molecule has 96 valence electrons. The van der Waals surface area contributed by atoms with Gasteiger partial charge in [0.15, 0.2) is 5.82 Å². The lowest BCUT2D eigenvalue weighted by Gasteiger charge is -2.33. The summed E-state index contributed by atoms with van der Waals surface area (Å²) in [7, 11) is 0. The van der Waals surface area contributed by atoms with E-state index in [9.17, 15) is 4.39 Å². The van der Waals surface area contributed by atoms with Crippen LogP contribution in [0.3, 0.4) is 0 Å². The number of hydrogen-bond acceptors (Lipinski definition) is 4. The van der Waals surface area contributed by atoms with Gasteiger partial charge in [0, 0.05) is 25.3 Å². The highest BCUT2D eigenvalue weighted by atomic mass is 19.1. The molecule has 6 heteroatoms. The third kappa shape index (κ3) is 1.69. The van der Waals surface area contributed by atoms with Crippen molar-refractivity contribution >= 4 is 22.4 Å². The quantitative estimate of drug-likeness (QED) is 0.709. The number of aromatic amines is 1. The van der Waals surface area contributed by atoms with E-state index in [1.54, 1.807) is 6.20 Å². The lowest BCUT2D eigenvalue weighted by atomic mass is 10.1. The van der Waals surface area contributed by atoms with Gasteiger partial charge in [-0.05, 0) is 12.8 Å². The van der Waals surface area contributed by atoms with Crippen molar-refractivity contribution in [2.45, 2.75) is 18.9 Å². The summed E-state index contributed by atoms with van der Waals surface area (Å²) in [5.74, 6) is -0.345. The first kappa shape index (κ1) is 11.3. The Balaban J connectivity index is 2.14. The molecule has 1 atom stereocenters. The lowest BCUT2D eigenvalue weighted by Crippen LogP contribution is -2.43. The fraction of sp³-hybridized carbons (Fsp3) is 0.417. The van der Waals surface area contributed by atoms with E-state index in [2.05, 4.69) is 9.97 Å². The van der Waals surface area contributed by atoms with Crippen LogP contribution in [-0.4, -0.2) is 29.1 Å². The first-order valence-corrected chi connectivity index (χ1v) is 6.08. The molecular weight excluding hydrogens is 233 g/mol. The zero-order valence-corrected chi connectivity index (χ0v) is 9.99.